The second kappa shape index (κ2) is 5.50. The number of methoxy groups -OCH3 is 1. The van der Waals surface area contributed by atoms with Crippen LogP contribution in [-0.2, 0) is 6.54 Å². The van der Waals surface area contributed by atoms with Crippen LogP contribution in [0.15, 0.2) is 48.1 Å². The normalized spacial score (nSPS) is 11.0. The maximum Gasteiger partial charge on any atom is 0.423 e. The summed E-state index contributed by atoms with van der Waals surface area (Å²) >= 11 is 4.66. The molecule has 0 amide bonds. The molecular weight excluding hydrogens is 358 g/mol. The standard InChI is InChI=1S/C14H10BrNO4S/c1-19-9-4-2-8(3-5-9)7-16-12-10(6-11(15)21-12)13(17)20-14(16)18/h2-6H,7H2,1H3. The number of aromatic nitrogens is 1. The van der Waals surface area contributed by atoms with Crippen LogP contribution in [0.4, 0.5) is 0 Å². The second-order valence-electron chi connectivity index (χ2n) is 4.36. The molecule has 0 fully saturated rings. The Bertz CT molecular complexity index is 907. The van der Waals surface area contributed by atoms with Gasteiger partial charge in [-0.05, 0) is 39.7 Å². The summed E-state index contributed by atoms with van der Waals surface area (Å²) < 4.78 is 12.1. The summed E-state index contributed by atoms with van der Waals surface area (Å²) in [6, 6.07) is 9.04. The summed E-state index contributed by atoms with van der Waals surface area (Å²) in [4.78, 5) is 24.2. The van der Waals surface area contributed by atoms with Crippen LogP contribution in [-0.4, -0.2) is 11.7 Å². The molecule has 3 aromatic rings. The van der Waals surface area contributed by atoms with Gasteiger partial charge in [0.05, 0.1) is 22.8 Å². The number of fused-ring (bicyclic) bond motifs is 1. The van der Waals surface area contributed by atoms with Crippen LogP contribution >= 0.6 is 27.3 Å². The fourth-order valence-electron chi connectivity index (χ4n) is 2.02. The average Bonchev–Trinajstić information content (AvgIpc) is 2.86. The van der Waals surface area contributed by atoms with Gasteiger partial charge >= 0.3 is 11.4 Å². The topological polar surface area (TPSA) is 61.4 Å². The SMILES string of the molecule is COc1ccc(Cn2c(=O)oc(=O)c3cc(Br)sc32)cc1. The summed E-state index contributed by atoms with van der Waals surface area (Å²) in [6.45, 7) is 0.329. The van der Waals surface area contributed by atoms with E-state index >= 15 is 0 Å². The van der Waals surface area contributed by atoms with Crippen molar-refractivity contribution in [1.82, 2.24) is 4.57 Å². The molecule has 7 heteroatoms. The van der Waals surface area contributed by atoms with Crippen molar-refractivity contribution in [2.45, 2.75) is 6.54 Å². The van der Waals surface area contributed by atoms with Crippen LogP contribution < -0.4 is 16.1 Å². The van der Waals surface area contributed by atoms with E-state index in [1.807, 2.05) is 24.3 Å². The minimum absolute atomic E-state index is 0.329. The molecule has 0 radical (unpaired) electrons. The average molecular weight is 368 g/mol. The zero-order chi connectivity index (χ0) is 15.0. The zero-order valence-electron chi connectivity index (χ0n) is 11.0. The van der Waals surface area contributed by atoms with Crippen molar-refractivity contribution in [1.29, 1.82) is 0 Å². The van der Waals surface area contributed by atoms with E-state index in [0.29, 0.717) is 16.8 Å². The molecule has 0 saturated carbocycles. The van der Waals surface area contributed by atoms with E-state index in [9.17, 15) is 9.59 Å². The summed E-state index contributed by atoms with van der Waals surface area (Å²) in [6.07, 6.45) is 0. The van der Waals surface area contributed by atoms with Crippen molar-refractivity contribution in [2.75, 3.05) is 7.11 Å². The molecule has 0 unspecified atom stereocenters. The Morgan fingerprint density at radius 2 is 2.00 bits per heavy atom. The van der Waals surface area contributed by atoms with Gasteiger partial charge in [0.15, 0.2) is 0 Å². The number of benzene rings is 1. The van der Waals surface area contributed by atoms with Gasteiger partial charge in [-0.25, -0.2) is 9.59 Å². The highest BCUT2D eigenvalue weighted by molar-refractivity contribution is 9.11. The maximum absolute atomic E-state index is 12.0. The number of halogens is 1. The molecule has 1 aromatic carbocycles. The van der Waals surface area contributed by atoms with Crippen molar-refractivity contribution in [3.8, 4) is 5.75 Å². The van der Waals surface area contributed by atoms with Gasteiger partial charge in [-0.2, -0.15) is 0 Å². The molecule has 0 bridgehead atoms. The molecule has 0 saturated heterocycles. The molecule has 0 atom stereocenters. The largest absolute Gasteiger partial charge is 0.497 e. The van der Waals surface area contributed by atoms with Gasteiger partial charge < -0.3 is 9.15 Å². The van der Waals surface area contributed by atoms with E-state index in [2.05, 4.69) is 15.9 Å². The molecular formula is C14H10BrNO4S. The van der Waals surface area contributed by atoms with Crippen molar-refractivity contribution < 1.29 is 9.15 Å². The minimum atomic E-state index is -0.655. The lowest BCUT2D eigenvalue weighted by Crippen LogP contribution is -2.24. The Balaban J connectivity index is 2.11. The maximum atomic E-state index is 12.0. The number of ether oxygens (including phenoxy) is 1. The van der Waals surface area contributed by atoms with Crippen molar-refractivity contribution in [3.05, 3.63) is 60.7 Å². The predicted molar refractivity (Wildman–Crippen MR) is 84.4 cm³/mol. The van der Waals surface area contributed by atoms with E-state index < -0.39 is 11.4 Å². The summed E-state index contributed by atoms with van der Waals surface area (Å²) in [5, 5.41) is 0.403. The lowest BCUT2D eigenvalue weighted by Gasteiger charge is -2.06. The molecule has 5 nitrogen and oxygen atoms in total. The van der Waals surface area contributed by atoms with E-state index in [-0.39, 0.29) is 0 Å². The predicted octanol–water partition coefficient (Wildman–Crippen LogP) is 2.84. The zero-order valence-corrected chi connectivity index (χ0v) is 13.4. The number of nitrogens with zero attached hydrogens (tertiary/aromatic N) is 1. The Labute approximate surface area is 131 Å². The van der Waals surface area contributed by atoms with E-state index in [1.54, 1.807) is 13.2 Å². The number of thiophene rings is 1. The van der Waals surface area contributed by atoms with Crippen LogP contribution in [0.2, 0.25) is 0 Å². The minimum Gasteiger partial charge on any atom is -0.497 e. The van der Waals surface area contributed by atoms with Gasteiger partial charge in [0.25, 0.3) is 0 Å². The van der Waals surface area contributed by atoms with Crippen molar-refractivity contribution >= 4 is 37.5 Å². The number of hydrogen-bond acceptors (Lipinski definition) is 5. The Kier molecular flexibility index (Phi) is 3.69. The van der Waals surface area contributed by atoms with Crippen LogP contribution in [0, 0.1) is 0 Å². The molecule has 0 aliphatic carbocycles. The first-order chi connectivity index (χ1) is 10.1. The monoisotopic (exact) mass is 367 g/mol. The third kappa shape index (κ3) is 2.66. The highest BCUT2D eigenvalue weighted by Crippen LogP contribution is 2.27. The Morgan fingerprint density at radius 3 is 2.67 bits per heavy atom. The molecule has 2 aromatic heterocycles. The number of rotatable bonds is 3. The third-order valence-electron chi connectivity index (χ3n) is 3.05. The Morgan fingerprint density at radius 1 is 1.29 bits per heavy atom. The highest BCUT2D eigenvalue weighted by Gasteiger charge is 2.13. The molecule has 0 spiro atoms. The van der Waals surface area contributed by atoms with E-state index in [0.717, 1.165) is 15.1 Å². The second-order valence-corrected chi connectivity index (χ2v) is 6.77. The lowest BCUT2D eigenvalue weighted by atomic mass is 10.2. The van der Waals surface area contributed by atoms with Crippen molar-refractivity contribution in [3.63, 3.8) is 0 Å². The molecule has 3 rings (SSSR count). The fourth-order valence-corrected chi connectivity index (χ4v) is 3.57. The molecule has 0 aliphatic heterocycles. The first kappa shape index (κ1) is 14.1. The van der Waals surface area contributed by atoms with Crippen LogP contribution in [0.5, 0.6) is 5.75 Å². The van der Waals surface area contributed by atoms with Crippen LogP contribution in [0.25, 0.3) is 10.2 Å². The Hall–Kier alpha value is -1.86. The van der Waals surface area contributed by atoms with Gasteiger partial charge in [0.1, 0.15) is 10.6 Å². The van der Waals surface area contributed by atoms with E-state index in [1.165, 1.54) is 15.9 Å². The quantitative estimate of drug-likeness (QED) is 0.713. The molecule has 2 heterocycles. The van der Waals surface area contributed by atoms with Crippen LogP contribution in [0.1, 0.15) is 5.56 Å². The molecule has 21 heavy (non-hydrogen) atoms. The van der Waals surface area contributed by atoms with Crippen LogP contribution in [0.3, 0.4) is 0 Å². The summed E-state index contributed by atoms with van der Waals surface area (Å²) in [5.74, 6) is 0.0902. The first-order valence-corrected chi connectivity index (χ1v) is 7.65. The summed E-state index contributed by atoms with van der Waals surface area (Å²) in [7, 11) is 1.60. The molecule has 0 N–H and O–H groups in total. The van der Waals surface area contributed by atoms with E-state index in [4.69, 9.17) is 9.15 Å². The van der Waals surface area contributed by atoms with Gasteiger partial charge in [-0.15, -0.1) is 11.3 Å². The lowest BCUT2D eigenvalue weighted by molar-refractivity contribution is 0.414. The smallest absolute Gasteiger partial charge is 0.423 e. The van der Waals surface area contributed by atoms with Gasteiger partial charge in [-0.3, -0.25) is 4.57 Å². The summed E-state index contributed by atoms with van der Waals surface area (Å²) in [5.41, 5.74) is 0.306. The van der Waals surface area contributed by atoms with Gasteiger partial charge in [0, 0.05) is 0 Å². The first-order valence-electron chi connectivity index (χ1n) is 6.04. The highest BCUT2D eigenvalue weighted by atomic mass is 79.9. The molecule has 0 aliphatic rings. The van der Waals surface area contributed by atoms with Gasteiger partial charge in [-0.1, -0.05) is 12.1 Å². The fraction of sp³-hybridized carbons (Fsp3) is 0.143. The van der Waals surface area contributed by atoms with Crippen molar-refractivity contribution in [2.24, 2.45) is 0 Å². The third-order valence-corrected chi connectivity index (χ3v) is 4.71. The number of hydrogen-bond donors (Lipinski definition) is 0. The molecule has 108 valence electrons. The van der Waals surface area contributed by atoms with Gasteiger partial charge in [0.2, 0.25) is 0 Å².